The van der Waals surface area contributed by atoms with Crippen molar-refractivity contribution in [2.24, 2.45) is 5.92 Å². The molecule has 2 unspecified atom stereocenters. The number of hydrogen-bond donors (Lipinski definition) is 0. The molecule has 122 valence electrons. The average molecular weight is 319 g/mol. The van der Waals surface area contributed by atoms with Crippen LogP contribution in [0.5, 0.6) is 0 Å². The molecule has 0 N–H and O–H groups in total. The molecule has 2 atom stereocenters. The van der Waals surface area contributed by atoms with Crippen LogP contribution in [0.15, 0.2) is 29.2 Å². The summed E-state index contributed by atoms with van der Waals surface area (Å²) in [5.74, 6) is 0.878. The lowest BCUT2D eigenvalue weighted by Crippen LogP contribution is -2.50. The van der Waals surface area contributed by atoms with Gasteiger partial charge in [0.05, 0.1) is 0 Å². The fourth-order valence-corrected chi connectivity index (χ4v) is 4.82. The van der Waals surface area contributed by atoms with E-state index in [-0.39, 0.29) is 0 Å². The van der Waals surface area contributed by atoms with Crippen molar-refractivity contribution in [1.29, 1.82) is 0 Å². The van der Waals surface area contributed by atoms with Crippen LogP contribution in [0, 0.1) is 5.92 Å². The van der Waals surface area contributed by atoms with Gasteiger partial charge in [0.2, 0.25) is 0 Å². The van der Waals surface area contributed by atoms with Crippen LogP contribution in [0.25, 0.3) is 0 Å². The number of piperidine rings is 2. The highest BCUT2D eigenvalue weighted by atomic mass is 32.2. The molecule has 2 saturated heterocycles. The summed E-state index contributed by atoms with van der Waals surface area (Å²) in [6, 6.07) is 9.87. The molecule has 0 bridgehead atoms. The van der Waals surface area contributed by atoms with Crippen LogP contribution in [0.3, 0.4) is 0 Å². The molecule has 2 aliphatic heterocycles. The number of hydrogen-bond acceptors (Lipinski definition) is 3. The number of nitrogens with zero attached hydrogens (tertiary/aromatic N) is 2. The maximum atomic E-state index is 2.78. The van der Waals surface area contributed by atoms with Gasteiger partial charge in [0.1, 0.15) is 0 Å². The highest BCUT2D eigenvalue weighted by Gasteiger charge is 2.33. The van der Waals surface area contributed by atoms with E-state index in [1.807, 2.05) is 11.8 Å². The van der Waals surface area contributed by atoms with Gasteiger partial charge in [0.25, 0.3) is 0 Å². The van der Waals surface area contributed by atoms with Crippen molar-refractivity contribution in [2.45, 2.75) is 49.6 Å². The van der Waals surface area contributed by atoms with Crippen molar-refractivity contribution in [3.63, 3.8) is 0 Å². The lowest BCUT2D eigenvalue weighted by atomic mass is 9.83. The van der Waals surface area contributed by atoms with Crippen LogP contribution in [0.2, 0.25) is 0 Å². The van der Waals surface area contributed by atoms with Gasteiger partial charge < -0.3 is 9.80 Å². The molecule has 1 aromatic carbocycles. The molecule has 3 heteroatoms. The van der Waals surface area contributed by atoms with Crippen molar-refractivity contribution in [2.75, 3.05) is 32.9 Å². The van der Waals surface area contributed by atoms with Gasteiger partial charge in [-0.25, -0.2) is 0 Å². The Morgan fingerprint density at radius 1 is 1.18 bits per heavy atom. The Bertz CT molecular complexity index is 474. The minimum absolute atomic E-state index is 0.863. The first kappa shape index (κ1) is 16.4. The van der Waals surface area contributed by atoms with Gasteiger partial charge >= 0.3 is 0 Å². The van der Waals surface area contributed by atoms with E-state index in [2.05, 4.69) is 47.4 Å². The second-order valence-electron chi connectivity index (χ2n) is 7.05. The number of benzene rings is 1. The fraction of sp³-hybridized carbons (Fsp3) is 0.684. The van der Waals surface area contributed by atoms with Gasteiger partial charge in [0, 0.05) is 24.0 Å². The van der Waals surface area contributed by atoms with Gasteiger partial charge in [0.15, 0.2) is 0 Å². The molecule has 2 fully saturated rings. The second kappa shape index (κ2) is 7.85. The fourth-order valence-electron chi connectivity index (χ4n) is 4.34. The van der Waals surface area contributed by atoms with E-state index in [4.69, 9.17) is 0 Å². The lowest BCUT2D eigenvalue weighted by molar-refractivity contribution is 0.0435. The third-order valence-electron chi connectivity index (χ3n) is 5.36. The molecule has 0 aromatic heterocycles. The summed E-state index contributed by atoms with van der Waals surface area (Å²) in [5, 5.41) is 0. The largest absolute Gasteiger partial charge is 0.302 e. The summed E-state index contributed by atoms with van der Waals surface area (Å²) < 4.78 is 0. The van der Waals surface area contributed by atoms with E-state index < -0.39 is 0 Å². The predicted molar refractivity (Wildman–Crippen MR) is 96.5 cm³/mol. The van der Waals surface area contributed by atoms with Gasteiger partial charge in [-0.2, -0.15) is 0 Å². The summed E-state index contributed by atoms with van der Waals surface area (Å²) in [6.07, 6.45) is 9.27. The van der Waals surface area contributed by atoms with Crippen LogP contribution in [0.1, 0.15) is 37.7 Å². The van der Waals surface area contributed by atoms with Gasteiger partial charge in [-0.15, -0.1) is 11.8 Å². The highest BCUT2D eigenvalue weighted by molar-refractivity contribution is 7.98. The Kier molecular flexibility index (Phi) is 5.83. The topological polar surface area (TPSA) is 6.48 Å². The summed E-state index contributed by atoms with van der Waals surface area (Å²) in [6.45, 7) is 5.03. The normalized spacial score (nSPS) is 26.1. The van der Waals surface area contributed by atoms with E-state index >= 15 is 0 Å². The SMILES string of the molecule is CSc1cccc(CN(C)CC2CCCN3CCCCC23)c1. The molecule has 3 rings (SSSR count). The number of thioether (sulfide) groups is 1. The quantitative estimate of drug-likeness (QED) is 0.755. The second-order valence-corrected chi connectivity index (χ2v) is 7.93. The summed E-state index contributed by atoms with van der Waals surface area (Å²) >= 11 is 1.84. The third-order valence-corrected chi connectivity index (χ3v) is 6.09. The standard InChI is InChI=1S/C19H30N2S/c1-20(14-16-7-5-9-18(13-16)22-2)15-17-8-6-12-21-11-4-3-10-19(17)21/h5,7,9,13,17,19H,3-4,6,8,10-12,14-15H2,1-2H3. The molecular weight excluding hydrogens is 288 g/mol. The van der Waals surface area contributed by atoms with Gasteiger partial charge in [-0.1, -0.05) is 18.6 Å². The van der Waals surface area contributed by atoms with Crippen molar-refractivity contribution in [3.8, 4) is 0 Å². The van der Waals surface area contributed by atoms with Crippen LogP contribution >= 0.6 is 11.8 Å². The summed E-state index contributed by atoms with van der Waals surface area (Å²) in [7, 11) is 2.30. The zero-order valence-electron chi connectivity index (χ0n) is 14.1. The van der Waals surface area contributed by atoms with Gasteiger partial charge in [-0.05, 0) is 75.7 Å². The van der Waals surface area contributed by atoms with Crippen molar-refractivity contribution < 1.29 is 0 Å². The van der Waals surface area contributed by atoms with E-state index in [0.717, 1.165) is 18.5 Å². The maximum Gasteiger partial charge on any atom is 0.0231 e. The first-order valence-electron chi connectivity index (χ1n) is 8.82. The molecule has 0 radical (unpaired) electrons. The van der Waals surface area contributed by atoms with E-state index in [1.165, 1.54) is 62.2 Å². The molecule has 0 saturated carbocycles. The van der Waals surface area contributed by atoms with E-state index in [1.54, 1.807) is 0 Å². The number of rotatable bonds is 5. The molecule has 0 aliphatic carbocycles. The lowest BCUT2D eigenvalue weighted by Gasteiger charge is -2.45. The monoisotopic (exact) mass is 318 g/mol. The van der Waals surface area contributed by atoms with E-state index in [0.29, 0.717) is 0 Å². The molecule has 2 aliphatic rings. The zero-order valence-corrected chi connectivity index (χ0v) is 14.9. The minimum atomic E-state index is 0.863. The smallest absolute Gasteiger partial charge is 0.0231 e. The highest BCUT2D eigenvalue weighted by Crippen LogP contribution is 2.31. The first-order valence-corrected chi connectivity index (χ1v) is 10.0. The van der Waals surface area contributed by atoms with Crippen molar-refractivity contribution in [1.82, 2.24) is 9.80 Å². The Hall–Kier alpha value is -0.510. The third kappa shape index (κ3) is 4.06. The van der Waals surface area contributed by atoms with E-state index in [9.17, 15) is 0 Å². The molecule has 2 heterocycles. The molecular formula is C19H30N2S. The number of fused-ring (bicyclic) bond motifs is 1. The maximum absolute atomic E-state index is 2.78. The average Bonchev–Trinajstić information content (AvgIpc) is 2.55. The van der Waals surface area contributed by atoms with Crippen LogP contribution in [-0.2, 0) is 6.54 Å². The molecule has 22 heavy (non-hydrogen) atoms. The first-order chi connectivity index (χ1) is 10.8. The molecule has 1 aromatic rings. The van der Waals surface area contributed by atoms with Crippen LogP contribution in [-0.4, -0.2) is 48.8 Å². The predicted octanol–water partition coefficient (Wildman–Crippen LogP) is 4.10. The summed E-state index contributed by atoms with van der Waals surface area (Å²) in [5.41, 5.74) is 1.45. The molecule has 0 spiro atoms. The van der Waals surface area contributed by atoms with Crippen molar-refractivity contribution >= 4 is 11.8 Å². The summed E-state index contributed by atoms with van der Waals surface area (Å²) in [4.78, 5) is 6.70. The Labute approximate surface area is 140 Å². The van der Waals surface area contributed by atoms with Gasteiger partial charge in [-0.3, -0.25) is 0 Å². The van der Waals surface area contributed by atoms with Crippen molar-refractivity contribution in [3.05, 3.63) is 29.8 Å². The zero-order chi connectivity index (χ0) is 15.4. The molecule has 2 nitrogen and oxygen atoms in total. The minimum Gasteiger partial charge on any atom is -0.302 e. The van der Waals surface area contributed by atoms with Crippen LogP contribution < -0.4 is 0 Å². The molecule has 0 amide bonds. The Morgan fingerprint density at radius 2 is 2.05 bits per heavy atom. The Balaban J connectivity index is 1.57. The Morgan fingerprint density at radius 3 is 2.91 bits per heavy atom. The van der Waals surface area contributed by atoms with Crippen LogP contribution in [0.4, 0.5) is 0 Å².